The van der Waals surface area contributed by atoms with Crippen molar-refractivity contribution in [1.29, 1.82) is 0 Å². The number of methoxy groups -OCH3 is 1. The molecule has 1 amide bonds. The summed E-state index contributed by atoms with van der Waals surface area (Å²) in [6.45, 7) is 1.84. The molecule has 1 N–H and O–H groups in total. The number of hydrogen-bond acceptors (Lipinski definition) is 8. The highest BCUT2D eigenvalue weighted by atomic mass is 35.5. The molecule has 0 aliphatic heterocycles. The van der Waals surface area contributed by atoms with Gasteiger partial charge in [0.15, 0.2) is 10.4 Å². The molecule has 0 radical (unpaired) electrons. The van der Waals surface area contributed by atoms with Crippen molar-refractivity contribution in [3.05, 3.63) is 29.3 Å². The van der Waals surface area contributed by atoms with Gasteiger partial charge in [0.05, 0.1) is 12.9 Å². The van der Waals surface area contributed by atoms with Gasteiger partial charge in [-0.15, -0.1) is 10.2 Å². The smallest absolute Gasteiger partial charge is 0.316 e. The van der Waals surface area contributed by atoms with Crippen molar-refractivity contribution in [2.24, 2.45) is 0 Å². The molecule has 2 aromatic rings. The van der Waals surface area contributed by atoms with Gasteiger partial charge in [0.25, 0.3) is 5.91 Å². The first-order valence-corrected chi connectivity index (χ1v) is 9.46. The van der Waals surface area contributed by atoms with Gasteiger partial charge in [-0.3, -0.25) is 14.9 Å². The molecule has 2 rings (SSSR count). The van der Waals surface area contributed by atoms with Gasteiger partial charge in [-0.2, -0.15) is 0 Å². The first kappa shape index (κ1) is 19.5. The highest BCUT2D eigenvalue weighted by Crippen LogP contribution is 2.26. The summed E-state index contributed by atoms with van der Waals surface area (Å²) >= 11 is 8.28. The predicted octanol–water partition coefficient (Wildman–Crippen LogP) is 3.25. The van der Waals surface area contributed by atoms with E-state index in [1.807, 2.05) is 6.92 Å². The average molecular weight is 402 g/mol. The number of esters is 1. The molecule has 1 atom stereocenters. The van der Waals surface area contributed by atoms with Crippen LogP contribution in [0.2, 0.25) is 5.02 Å². The van der Waals surface area contributed by atoms with Gasteiger partial charge in [0.1, 0.15) is 5.75 Å². The second kappa shape index (κ2) is 9.59. The van der Waals surface area contributed by atoms with Crippen LogP contribution in [-0.4, -0.2) is 41.0 Å². The molecular weight excluding hydrogens is 386 g/mol. The summed E-state index contributed by atoms with van der Waals surface area (Å²) in [7, 11) is 1.32. The van der Waals surface area contributed by atoms with Crippen LogP contribution in [0.4, 0.5) is 5.13 Å². The third-order valence-corrected chi connectivity index (χ3v) is 5.10. The fraction of sp³-hybridized carbons (Fsp3) is 0.333. The van der Waals surface area contributed by atoms with Crippen molar-refractivity contribution in [2.45, 2.75) is 23.8 Å². The molecule has 0 aliphatic carbocycles. The van der Waals surface area contributed by atoms with E-state index in [9.17, 15) is 9.59 Å². The van der Waals surface area contributed by atoms with Crippen molar-refractivity contribution in [3.8, 4) is 5.75 Å². The number of ether oxygens (including phenoxy) is 2. The van der Waals surface area contributed by atoms with Gasteiger partial charge in [-0.05, 0) is 24.6 Å². The molecule has 0 bridgehead atoms. The van der Waals surface area contributed by atoms with Crippen LogP contribution in [-0.2, 0) is 14.3 Å². The van der Waals surface area contributed by atoms with E-state index in [0.717, 1.165) is 0 Å². The number of nitrogens with one attached hydrogen (secondary N) is 1. The normalized spacial score (nSPS) is 11.6. The first-order valence-electron chi connectivity index (χ1n) is 7.28. The van der Waals surface area contributed by atoms with Crippen molar-refractivity contribution < 1.29 is 19.1 Å². The Balaban J connectivity index is 1.93. The number of amides is 1. The number of nitrogens with zero attached hydrogens (tertiary/aromatic N) is 2. The maximum atomic E-state index is 12.3. The number of carbonyl (C=O) groups is 2. The molecule has 7 nitrogen and oxygen atoms in total. The Morgan fingerprint density at radius 2 is 2.20 bits per heavy atom. The number of halogens is 1. The van der Waals surface area contributed by atoms with Gasteiger partial charge in [-0.25, -0.2) is 0 Å². The number of anilines is 1. The number of benzene rings is 1. The van der Waals surface area contributed by atoms with Crippen molar-refractivity contribution in [1.82, 2.24) is 10.2 Å². The van der Waals surface area contributed by atoms with E-state index < -0.39 is 6.10 Å². The number of aromatic nitrogens is 2. The molecule has 10 heteroatoms. The van der Waals surface area contributed by atoms with Gasteiger partial charge < -0.3 is 9.47 Å². The third-order valence-electron chi connectivity index (χ3n) is 2.92. The molecule has 1 aromatic carbocycles. The SMILES string of the molecule is CC[C@H](Oc1cccc(Cl)c1)C(=O)Nc1nnc(SCC(=O)OC)s1. The zero-order chi connectivity index (χ0) is 18.2. The molecule has 0 fully saturated rings. The van der Waals surface area contributed by atoms with Crippen molar-refractivity contribution in [2.75, 3.05) is 18.2 Å². The van der Waals surface area contributed by atoms with Crippen molar-refractivity contribution in [3.63, 3.8) is 0 Å². The first-order chi connectivity index (χ1) is 12.0. The number of hydrogen-bond donors (Lipinski definition) is 1. The van der Waals surface area contributed by atoms with Gasteiger partial charge in [0, 0.05) is 5.02 Å². The Morgan fingerprint density at radius 3 is 2.88 bits per heavy atom. The molecule has 1 heterocycles. The monoisotopic (exact) mass is 401 g/mol. The Morgan fingerprint density at radius 1 is 1.40 bits per heavy atom. The maximum absolute atomic E-state index is 12.3. The fourth-order valence-corrected chi connectivity index (χ4v) is 3.48. The van der Waals surface area contributed by atoms with Gasteiger partial charge in [-0.1, -0.05) is 47.7 Å². The molecule has 0 saturated heterocycles. The van der Waals surface area contributed by atoms with Crippen molar-refractivity contribution >= 4 is 51.7 Å². The largest absolute Gasteiger partial charge is 0.481 e. The second-order valence-electron chi connectivity index (χ2n) is 4.70. The summed E-state index contributed by atoms with van der Waals surface area (Å²) in [6, 6.07) is 6.85. The summed E-state index contributed by atoms with van der Waals surface area (Å²) in [5.41, 5.74) is 0. The third kappa shape index (κ3) is 6.18. The lowest BCUT2D eigenvalue weighted by Gasteiger charge is -2.16. The fourth-order valence-electron chi connectivity index (χ4n) is 1.71. The topological polar surface area (TPSA) is 90.4 Å². The molecule has 0 unspecified atom stereocenters. The predicted molar refractivity (Wildman–Crippen MR) is 97.4 cm³/mol. The Hall–Kier alpha value is -1.84. The Kier molecular flexibility index (Phi) is 7.48. The second-order valence-corrected chi connectivity index (χ2v) is 7.34. The molecule has 0 aliphatic rings. The number of carbonyl (C=O) groups excluding carboxylic acids is 2. The highest BCUT2D eigenvalue weighted by molar-refractivity contribution is 8.01. The minimum atomic E-state index is -0.687. The van der Waals surface area contributed by atoms with Gasteiger partial charge in [0.2, 0.25) is 5.13 Å². The lowest BCUT2D eigenvalue weighted by atomic mass is 10.2. The van der Waals surface area contributed by atoms with Crippen LogP contribution in [0.15, 0.2) is 28.6 Å². The van der Waals surface area contributed by atoms with E-state index in [4.69, 9.17) is 16.3 Å². The zero-order valence-corrected chi connectivity index (χ0v) is 15.9. The zero-order valence-electron chi connectivity index (χ0n) is 13.5. The minimum absolute atomic E-state index is 0.133. The molecule has 0 spiro atoms. The van der Waals surface area contributed by atoms with Crippen LogP contribution in [0, 0.1) is 0 Å². The molecule has 134 valence electrons. The summed E-state index contributed by atoms with van der Waals surface area (Å²) in [5, 5.41) is 11.3. The summed E-state index contributed by atoms with van der Waals surface area (Å²) in [5.74, 6) is -0.0369. The Bertz CT molecular complexity index is 741. The van der Waals surface area contributed by atoms with E-state index in [0.29, 0.717) is 26.7 Å². The molecule has 0 saturated carbocycles. The van der Waals surface area contributed by atoms with Crippen LogP contribution in [0.1, 0.15) is 13.3 Å². The quantitative estimate of drug-likeness (QED) is 0.412. The standard InChI is InChI=1S/C15H16ClN3O4S2/c1-3-11(23-10-6-4-5-9(16)7-10)13(21)17-14-18-19-15(25-14)24-8-12(20)22-2/h4-7,11H,3,8H2,1-2H3,(H,17,18,21)/t11-/m0/s1. The molecule has 25 heavy (non-hydrogen) atoms. The Labute approximate surface area is 158 Å². The van der Waals surface area contributed by atoms with Crippen LogP contribution in [0.3, 0.4) is 0 Å². The van der Waals surface area contributed by atoms with Gasteiger partial charge >= 0.3 is 5.97 Å². The highest BCUT2D eigenvalue weighted by Gasteiger charge is 2.20. The van der Waals surface area contributed by atoms with Crippen LogP contribution < -0.4 is 10.1 Å². The summed E-state index contributed by atoms with van der Waals surface area (Å²) < 4.78 is 10.8. The summed E-state index contributed by atoms with van der Waals surface area (Å²) in [4.78, 5) is 23.5. The van der Waals surface area contributed by atoms with Crippen LogP contribution >= 0.6 is 34.7 Å². The van der Waals surface area contributed by atoms with Crippen LogP contribution in [0.25, 0.3) is 0 Å². The van der Waals surface area contributed by atoms with E-state index in [-0.39, 0.29) is 17.6 Å². The maximum Gasteiger partial charge on any atom is 0.316 e. The van der Waals surface area contributed by atoms with Crippen LogP contribution in [0.5, 0.6) is 5.75 Å². The van der Waals surface area contributed by atoms with E-state index in [1.54, 1.807) is 24.3 Å². The summed E-state index contributed by atoms with van der Waals surface area (Å²) in [6.07, 6.45) is -0.213. The number of rotatable bonds is 8. The molecular formula is C15H16ClN3O4S2. The molecule has 1 aromatic heterocycles. The van der Waals surface area contributed by atoms with E-state index in [2.05, 4.69) is 20.3 Å². The lowest BCUT2D eigenvalue weighted by molar-refractivity contribution is -0.137. The van der Waals surface area contributed by atoms with E-state index >= 15 is 0 Å². The van der Waals surface area contributed by atoms with E-state index in [1.165, 1.54) is 30.2 Å². The lowest BCUT2D eigenvalue weighted by Crippen LogP contribution is -2.32. The minimum Gasteiger partial charge on any atom is -0.481 e. The average Bonchev–Trinajstić information content (AvgIpc) is 3.04. The number of thioether (sulfide) groups is 1.